The van der Waals surface area contributed by atoms with Gasteiger partial charge in [0, 0.05) is 44.3 Å². The number of hydrogen-bond donors (Lipinski definition) is 4. The van der Waals surface area contributed by atoms with Gasteiger partial charge in [0.25, 0.3) is 11.8 Å². The second-order valence-electron chi connectivity index (χ2n) is 16.5. The van der Waals surface area contributed by atoms with Crippen molar-refractivity contribution in [2.75, 3.05) is 62.8 Å². The van der Waals surface area contributed by atoms with Gasteiger partial charge in [0.05, 0.1) is 46.0 Å². The summed E-state index contributed by atoms with van der Waals surface area (Å²) >= 11 is 6.48. The highest BCUT2D eigenvalue weighted by molar-refractivity contribution is 7.92. The Morgan fingerprint density at radius 2 is 1.76 bits per heavy atom. The molecule has 18 heteroatoms. The molecule has 4 heterocycles. The molecule has 2 atom stereocenters. The number of likely N-dealkylation sites (tertiary alicyclic amines) is 1. The first-order valence-electron chi connectivity index (χ1n) is 21.2. The molecule has 7 rings (SSSR count). The van der Waals surface area contributed by atoms with Crippen LogP contribution in [0.5, 0.6) is 5.75 Å². The number of halogens is 1. The Balaban J connectivity index is 0.947. The number of carbonyl (C=O) groups excluding carboxylic acids is 4. The molecule has 2 unspecified atom stereocenters. The van der Waals surface area contributed by atoms with E-state index in [1.165, 1.54) is 6.20 Å². The van der Waals surface area contributed by atoms with E-state index < -0.39 is 44.8 Å². The Labute approximate surface area is 373 Å². The van der Waals surface area contributed by atoms with E-state index in [-0.39, 0.29) is 45.7 Å². The average molecular weight is 901 g/mol. The largest absolute Gasteiger partial charge is 0.495 e. The van der Waals surface area contributed by atoms with Crippen molar-refractivity contribution in [3.8, 4) is 5.75 Å². The lowest BCUT2D eigenvalue weighted by molar-refractivity contribution is -0.136. The topological polar surface area (TPSA) is 195 Å². The molecule has 0 aliphatic carbocycles. The zero-order valence-corrected chi connectivity index (χ0v) is 37.7. The Bertz CT molecular complexity index is 2520. The van der Waals surface area contributed by atoms with Crippen LogP contribution in [0.25, 0.3) is 0 Å². The third kappa shape index (κ3) is 9.96. The average Bonchev–Trinajstić information content (AvgIpc) is 3.51. The van der Waals surface area contributed by atoms with Crippen molar-refractivity contribution in [2.24, 2.45) is 0 Å². The number of methoxy groups -OCH3 is 1. The van der Waals surface area contributed by atoms with Crippen LogP contribution in [0.15, 0.2) is 65.7 Å². The molecule has 1 aromatic heterocycles. The number of sulfone groups is 1. The van der Waals surface area contributed by atoms with Crippen molar-refractivity contribution in [1.82, 2.24) is 30.0 Å². The van der Waals surface area contributed by atoms with Crippen LogP contribution in [0.1, 0.15) is 77.8 Å². The summed E-state index contributed by atoms with van der Waals surface area (Å²) in [5.74, 6) is -0.975. The highest BCUT2D eigenvalue weighted by Crippen LogP contribution is 2.35. The van der Waals surface area contributed by atoms with Crippen LogP contribution in [0.3, 0.4) is 0 Å². The van der Waals surface area contributed by atoms with Gasteiger partial charge in [-0.3, -0.25) is 34.3 Å². The normalized spacial score (nSPS) is 18.2. The minimum atomic E-state index is -3.58. The number of aromatic nitrogens is 2. The Morgan fingerprint density at radius 1 is 0.984 bits per heavy atom. The van der Waals surface area contributed by atoms with Crippen molar-refractivity contribution in [1.29, 1.82) is 0 Å². The Kier molecular flexibility index (Phi) is 14.0. The van der Waals surface area contributed by atoms with Gasteiger partial charge in [0.2, 0.25) is 17.8 Å². The first kappa shape index (κ1) is 45.4. The first-order chi connectivity index (χ1) is 30.2. The Hall–Kier alpha value is -5.62. The molecule has 3 aliphatic heterocycles. The van der Waals surface area contributed by atoms with Gasteiger partial charge < -0.3 is 25.6 Å². The molecule has 0 radical (unpaired) electrons. The number of carbonyl (C=O) groups is 4. The van der Waals surface area contributed by atoms with Gasteiger partial charge in [0.1, 0.15) is 16.8 Å². The van der Waals surface area contributed by atoms with E-state index in [1.807, 2.05) is 12.1 Å². The fourth-order valence-electron chi connectivity index (χ4n) is 8.42. The van der Waals surface area contributed by atoms with E-state index in [9.17, 15) is 27.6 Å². The molecular weight excluding hydrogens is 846 g/mol. The second-order valence-corrected chi connectivity index (χ2v) is 19.4. The molecule has 3 aromatic carbocycles. The molecule has 63 heavy (non-hydrogen) atoms. The van der Waals surface area contributed by atoms with Crippen molar-refractivity contribution in [3.63, 3.8) is 0 Å². The third-order valence-electron chi connectivity index (χ3n) is 11.9. The molecule has 4 N–H and O–H groups in total. The molecule has 16 nitrogen and oxygen atoms in total. The molecule has 0 saturated carbocycles. The highest BCUT2D eigenvalue weighted by Gasteiger charge is 2.45. The lowest BCUT2D eigenvalue weighted by Gasteiger charge is -2.38. The van der Waals surface area contributed by atoms with E-state index in [0.717, 1.165) is 67.9 Å². The molecule has 0 spiro atoms. The van der Waals surface area contributed by atoms with Crippen molar-refractivity contribution >= 4 is 73.9 Å². The summed E-state index contributed by atoms with van der Waals surface area (Å²) in [5.41, 5.74) is 4.29. The van der Waals surface area contributed by atoms with E-state index in [1.54, 1.807) is 63.4 Å². The number of aryl methyl sites for hydroxylation is 1. The third-order valence-corrected chi connectivity index (χ3v) is 14.4. The summed E-state index contributed by atoms with van der Waals surface area (Å²) in [7, 11) is 0.166. The minimum Gasteiger partial charge on any atom is -0.495 e. The maximum absolute atomic E-state index is 13.6. The van der Waals surface area contributed by atoms with Crippen LogP contribution >= 0.6 is 11.6 Å². The van der Waals surface area contributed by atoms with Gasteiger partial charge in [-0.1, -0.05) is 36.2 Å². The van der Waals surface area contributed by atoms with E-state index in [0.29, 0.717) is 35.4 Å². The Morgan fingerprint density at radius 3 is 2.52 bits per heavy atom. The quantitative estimate of drug-likeness (QED) is 0.0907. The SMILES string of the molecule is COc1cc(CCN(C)CC2CCCCN2CCNc2cccc3c2C(=O)N(C2CCC(=O)NC2=O)C3=O)c(C)cc1Nc1ncc(Cl)c(Nc2ccccc2S(=O)(=O)C(C)C)n1. The molecule has 2 fully saturated rings. The van der Waals surface area contributed by atoms with Crippen LogP contribution in [0.2, 0.25) is 5.02 Å². The van der Waals surface area contributed by atoms with Gasteiger partial charge in [-0.2, -0.15) is 4.98 Å². The molecule has 3 aliphatic rings. The van der Waals surface area contributed by atoms with Crippen LogP contribution in [0.4, 0.5) is 28.8 Å². The number of nitrogens with zero attached hydrogens (tertiary/aromatic N) is 5. The summed E-state index contributed by atoms with van der Waals surface area (Å²) in [5, 5.41) is 11.6. The lowest BCUT2D eigenvalue weighted by atomic mass is 10.0. The fraction of sp³-hybridized carbons (Fsp3) is 0.422. The summed E-state index contributed by atoms with van der Waals surface area (Å²) in [6.45, 7) is 9.28. The molecule has 334 valence electrons. The van der Waals surface area contributed by atoms with E-state index in [2.05, 4.69) is 55.0 Å². The summed E-state index contributed by atoms with van der Waals surface area (Å²) in [6, 6.07) is 15.1. The highest BCUT2D eigenvalue weighted by atomic mass is 35.5. The molecule has 4 amide bonds. The number of rotatable bonds is 17. The number of fused-ring (bicyclic) bond motifs is 1. The molecule has 0 bridgehead atoms. The number of nitrogens with one attached hydrogen (secondary N) is 4. The van der Waals surface area contributed by atoms with Gasteiger partial charge in [0.15, 0.2) is 15.7 Å². The van der Waals surface area contributed by atoms with Crippen LogP contribution in [-0.2, 0) is 25.8 Å². The minimum absolute atomic E-state index is 0.0683. The van der Waals surface area contributed by atoms with Gasteiger partial charge in [-0.05, 0) is 108 Å². The maximum atomic E-state index is 13.6. The first-order valence-corrected chi connectivity index (χ1v) is 23.2. The van der Waals surface area contributed by atoms with Gasteiger partial charge >= 0.3 is 0 Å². The predicted octanol–water partition coefficient (Wildman–Crippen LogP) is 5.96. The fourth-order valence-corrected chi connectivity index (χ4v) is 9.76. The van der Waals surface area contributed by atoms with Crippen LogP contribution in [-0.4, -0.2) is 121 Å². The standard InChI is InChI=1S/C45H54ClN9O7S/c1-27(2)63(60,61)38-15-7-6-13-33(38)49-41-32(46)25-48-45(52-41)50-35-23-28(3)29(24-37(35)62-5)18-21-53(4)26-30-11-8-9-20-54(30)22-19-47-34-14-10-12-31-40(34)44(59)55(43(31)58)36-16-17-39(56)51-42(36)57/h6-7,10,12-15,23-25,27,30,36,47H,8-9,11,16-22,26H2,1-5H3,(H,51,56,57)(H2,48,49,50,52). The number of amides is 4. The van der Waals surface area contributed by atoms with Crippen LogP contribution in [0, 0.1) is 6.92 Å². The smallest absolute Gasteiger partial charge is 0.264 e. The molecule has 4 aromatic rings. The monoisotopic (exact) mass is 899 g/mol. The van der Waals surface area contributed by atoms with Crippen molar-refractivity contribution in [3.05, 3.63) is 88.1 Å². The number of likely N-dealkylation sites (N-methyl/N-ethyl adjacent to an activating group) is 1. The van der Waals surface area contributed by atoms with Crippen molar-refractivity contribution in [2.45, 2.75) is 81.5 Å². The van der Waals surface area contributed by atoms with E-state index >= 15 is 0 Å². The maximum Gasteiger partial charge on any atom is 0.264 e. The zero-order valence-electron chi connectivity index (χ0n) is 36.2. The van der Waals surface area contributed by atoms with Crippen molar-refractivity contribution < 1.29 is 32.3 Å². The van der Waals surface area contributed by atoms with Gasteiger partial charge in [-0.25, -0.2) is 13.4 Å². The second kappa shape index (κ2) is 19.4. The lowest BCUT2D eigenvalue weighted by Crippen LogP contribution is -2.54. The number of piperidine rings is 2. The number of benzene rings is 3. The number of imide groups is 2. The predicted molar refractivity (Wildman–Crippen MR) is 242 cm³/mol. The number of ether oxygens (including phenoxy) is 1. The summed E-state index contributed by atoms with van der Waals surface area (Å²) < 4.78 is 31.9. The molecular formula is C45H54ClN9O7S. The number of para-hydroxylation sites is 1. The molecule has 2 saturated heterocycles. The summed E-state index contributed by atoms with van der Waals surface area (Å²) in [4.78, 5) is 66.1. The number of anilines is 5. The summed E-state index contributed by atoms with van der Waals surface area (Å²) in [6.07, 6.45) is 5.74. The van der Waals surface area contributed by atoms with Crippen LogP contribution < -0.4 is 26.0 Å². The zero-order chi connectivity index (χ0) is 45.0. The van der Waals surface area contributed by atoms with E-state index in [4.69, 9.17) is 16.3 Å². The van der Waals surface area contributed by atoms with Gasteiger partial charge in [-0.15, -0.1) is 0 Å². The number of hydrogen-bond acceptors (Lipinski definition) is 14.